The van der Waals surface area contributed by atoms with Crippen molar-refractivity contribution in [3.8, 4) is 11.6 Å². The molecule has 0 amide bonds. The van der Waals surface area contributed by atoms with Gasteiger partial charge in [0.1, 0.15) is 12.1 Å². The highest BCUT2D eigenvalue weighted by Crippen LogP contribution is 2.25. The maximum absolute atomic E-state index is 5.62. The first-order valence-corrected chi connectivity index (χ1v) is 7.63. The summed E-state index contributed by atoms with van der Waals surface area (Å²) in [5, 5.41) is 4.42. The molecule has 0 bridgehead atoms. The van der Waals surface area contributed by atoms with Crippen LogP contribution >= 0.6 is 0 Å². The number of hydrogen-bond acceptors (Lipinski definition) is 7. The molecule has 0 aromatic carbocycles. The van der Waals surface area contributed by atoms with E-state index in [1.54, 1.807) is 23.0 Å². The van der Waals surface area contributed by atoms with Crippen molar-refractivity contribution in [2.45, 2.75) is 6.92 Å². The molecule has 1 fully saturated rings. The number of fused-ring (bicyclic) bond motifs is 1. The van der Waals surface area contributed by atoms with E-state index in [1.165, 1.54) is 0 Å². The van der Waals surface area contributed by atoms with Crippen LogP contribution in [0.25, 0.3) is 17.2 Å². The number of likely N-dealkylation sites (N-methyl/N-ethyl adjacent to an activating group) is 1. The molecule has 4 rings (SSSR count). The maximum Gasteiger partial charge on any atom is 0.218 e. The number of hydrogen-bond donors (Lipinski definition) is 1. The second kappa shape index (κ2) is 5.24. The SMILES string of the molecule is Cc1c(N2CCN(C)CC2)ncn2nc(-c3ccc(N)o3)nc12. The Kier molecular flexibility index (Phi) is 3.19. The second-order valence-electron chi connectivity index (χ2n) is 5.89. The molecule has 3 aromatic heterocycles. The normalized spacial score (nSPS) is 16.3. The fraction of sp³-hybridized carbons (Fsp3) is 0.400. The lowest BCUT2D eigenvalue weighted by atomic mass is 10.2. The Labute approximate surface area is 133 Å². The molecule has 120 valence electrons. The van der Waals surface area contributed by atoms with E-state index in [9.17, 15) is 0 Å². The van der Waals surface area contributed by atoms with Gasteiger partial charge in [-0.1, -0.05) is 0 Å². The zero-order valence-electron chi connectivity index (χ0n) is 13.2. The maximum atomic E-state index is 5.62. The van der Waals surface area contributed by atoms with E-state index in [2.05, 4.69) is 31.9 Å². The minimum atomic E-state index is 0.354. The summed E-state index contributed by atoms with van der Waals surface area (Å²) < 4.78 is 7.08. The molecule has 0 atom stereocenters. The van der Waals surface area contributed by atoms with Gasteiger partial charge in [-0.3, -0.25) is 0 Å². The number of anilines is 2. The standard InChI is InChI=1S/C15H19N7O/c1-10-14(21-7-5-20(2)6-8-21)17-9-22-15(10)18-13(19-22)11-3-4-12(16)23-11/h3-4,9H,5-8,16H2,1-2H3. The van der Waals surface area contributed by atoms with Crippen molar-refractivity contribution in [1.82, 2.24) is 24.5 Å². The Balaban J connectivity index is 1.73. The Hall–Kier alpha value is -2.61. The summed E-state index contributed by atoms with van der Waals surface area (Å²) in [6.07, 6.45) is 1.71. The molecule has 0 unspecified atom stereocenters. The van der Waals surface area contributed by atoms with E-state index < -0.39 is 0 Å². The van der Waals surface area contributed by atoms with E-state index in [0.717, 1.165) is 43.2 Å². The second-order valence-corrected chi connectivity index (χ2v) is 5.89. The largest absolute Gasteiger partial charge is 0.438 e. The number of nitrogens with zero attached hydrogens (tertiary/aromatic N) is 6. The number of aryl methyl sites for hydroxylation is 1. The van der Waals surface area contributed by atoms with Gasteiger partial charge in [0.15, 0.2) is 17.3 Å². The van der Waals surface area contributed by atoms with Gasteiger partial charge in [-0.2, -0.15) is 0 Å². The minimum Gasteiger partial charge on any atom is -0.438 e. The Morgan fingerprint density at radius 1 is 1.17 bits per heavy atom. The van der Waals surface area contributed by atoms with Crippen molar-refractivity contribution in [2.75, 3.05) is 43.9 Å². The first-order valence-electron chi connectivity index (χ1n) is 7.63. The third-order valence-corrected chi connectivity index (χ3v) is 4.24. The molecule has 1 aliphatic rings. The molecule has 0 aliphatic carbocycles. The lowest BCUT2D eigenvalue weighted by Crippen LogP contribution is -2.45. The Bertz CT molecular complexity index is 845. The van der Waals surface area contributed by atoms with Crippen LogP contribution in [0.5, 0.6) is 0 Å². The zero-order chi connectivity index (χ0) is 16.0. The first kappa shape index (κ1) is 14.0. The Morgan fingerprint density at radius 2 is 1.96 bits per heavy atom. The molecular formula is C15H19N7O. The van der Waals surface area contributed by atoms with Gasteiger partial charge in [0.2, 0.25) is 5.82 Å². The summed E-state index contributed by atoms with van der Waals surface area (Å²) in [5.74, 6) is 2.41. The number of piperazine rings is 1. The molecule has 8 heteroatoms. The van der Waals surface area contributed by atoms with E-state index in [1.807, 2.05) is 6.92 Å². The first-order chi connectivity index (χ1) is 11.1. The van der Waals surface area contributed by atoms with Crippen LogP contribution in [-0.4, -0.2) is 57.7 Å². The topological polar surface area (TPSA) is 88.7 Å². The summed E-state index contributed by atoms with van der Waals surface area (Å²) in [6, 6.07) is 3.47. The number of nitrogen functional groups attached to an aromatic ring is 1. The van der Waals surface area contributed by atoms with Gasteiger partial charge in [0.25, 0.3) is 0 Å². The van der Waals surface area contributed by atoms with E-state index >= 15 is 0 Å². The summed E-state index contributed by atoms with van der Waals surface area (Å²) in [6.45, 7) is 6.04. The van der Waals surface area contributed by atoms with Crippen molar-refractivity contribution in [3.05, 3.63) is 24.0 Å². The van der Waals surface area contributed by atoms with Crippen molar-refractivity contribution >= 4 is 17.3 Å². The summed E-state index contributed by atoms with van der Waals surface area (Å²) in [7, 11) is 2.14. The molecule has 0 saturated carbocycles. The monoisotopic (exact) mass is 313 g/mol. The van der Waals surface area contributed by atoms with Crippen LogP contribution in [0.1, 0.15) is 5.56 Å². The van der Waals surface area contributed by atoms with E-state index in [-0.39, 0.29) is 0 Å². The van der Waals surface area contributed by atoms with Crippen LogP contribution in [0.4, 0.5) is 11.7 Å². The Morgan fingerprint density at radius 3 is 2.65 bits per heavy atom. The predicted molar refractivity (Wildman–Crippen MR) is 87.3 cm³/mol. The molecule has 1 saturated heterocycles. The van der Waals surface area contributed by atoms with Crippen LogP contribution in [0.2, 0.25) is 0 Å². The third kappa shape index (κ3) is 2.40. The average Bonchev–Trinajstić information content (AvgIpc) is 3.15. The molecular weight excluding hydrogens is 294 g/mol. The smallest absolute Gasteiger partial charge is 0.218 e. The molecule has 8 nitrogen and oxygen atoms in total. The lowest BCUT2D eigenvalue weighted by Gasteiger charge is -2.33. The van der Waals surface area contributed by atoms with Gasteiger partial charge >= 0.3 is 0 Å². The van der Waals surface area contributed by atoms with Crippen LogP contribution in [0.3, 0.4) is 0 Å². The highest BCUT2D eigenvalue weighted by Gasteiger charge is 2.20. The van der Waals surface area contributed by atoms with Crippen LogP contribution in [0.15, 0.2) is 22.9 Å². The van der Waals surface area contributed by atoms with Gasteiger partial charge in [0.05, 0.1) is 0 Å². The van der Waals surface area contributed by atoms with Crippen molar-refractivity contribution in [2.24, 2.45) is 0 Å². The molecule has 0 spiro atoms. The van der Waals surface area contributed by atoms with Gasteiger partial charge in [-0.25, -0.2) is 14.5 Å². The van der Waals surface area contributed by atoms with Crippen LogP contribution in [0, 0.1) is 6.92 Å². The third-order valence-electron chi connectivity index (χ3n) is 4.24. The average molecular weight is 313 g/mol. The predicted octanol–water partition coefficient (Wildman–Crippen LogP) is 1.03. The van der Waals surface area contributed by atoms with Crippen molar-refractivity contribution in [3.63, 3.8) is 0 Å². The number of aromatic nitrogens is 4. The number of rotatable bonds is 2. The van der Waals surface area contributed by atoms with Gasteiger partial charge in [-0.15, -0.1) is 5.10 Å². The summed E-state index contributed by atoms with van der Waals surface area (Å²) in [5.41, 5.74) is 7.44. The van der Waals surface area contributed by atoms with Gasteiger partial charge in [0, 0.05) is 37.8 Å². The van der Waals surface area contributed by atoms with Crippen LogP contribution < -0.4 is 10.6 Å². The highest BCUT2D eigenvalue weighted by molar-refractivity contribution is 5.63. The molecule has 3 aromatic rings. The number of furan rings is 1. The fourth-order valence-corrected chi connectivity index (χ4v) is 2.88. The quantitative estimate of drug-likeness (QED) is 0.755. The number of nitrogens with two attached hydrogens (primary N) is 1. The molecule has 2 N–H and O–H groups in total. The van der Waals surface area contributed by atoms with E-state index in [4.69, 9.17) is 10.2 Å². The van der Waals surface area contributed by atoms with Crippen molar-refractivity contribution < 1.29 is 4.42 Å². The highest BCUT2D eigenvalue weighted by atomic mass is 16.4. The fourth-order valence-electron chi connectivity index (χ4n) is 2.88. The minimum absolute atomic E-state index is 0.354. The molecule has 0 radical (unpaired) electrons. The summed E-state index contributed by atoms with van der Waals surface area (Å²) in [4.78, 5) is 13.8. The summed E-state index contributed by atoms with van der Waals surface area (Å²) >= 11 is 0. The molecule has 1 aliphatic heterocycles. The van der Waals surface area contributed by atoms with Crippen LogP contribution in [-0.2, 0) is 0 Å². The lowest BCUT2D eigenvalue weighted by molar-refractivity contribution is 0.312. The van der Waals surface area contributed by atoms with Gasteiger partial charge < -0.3 is 20.0 Å². The zero-order valence-corrected chi connectivity index (χ0v) is 13.2. The van der Waals surface area contributed by atoms with E-state index in [0.29, 0.717) is 17.5 Å². The molecule has 4 heterocycles. The molecule has 23 heavy (non-hydrogen) atoms. The van der Waals surface area contributed by atoms with Crippen molar-refractivity contribution in [1.29, 1.82) is 0 Å². The van der Waals surface area contributed by atoms with Gasteiger partial charge in [-0.05, 0) is 20.0 Å².